The van der Waals surface area contributed by atoms with Gasteiger partial charge in [-0.15, -0.1) is 0 Å². The van der Waals surface area contributed by atoms with Crippen molar-refractivity contribution in [3.05, 3.63) is 0 Å². The minimum absolute atomic E-state index is 0.0870. The number of aliphatic hydroxyl groups excluding tert-OH is 2. The molecule has 0 heterocycles. The Morgan fingerprint density at radius 2 is 1.43 bits per heavy atom. The van der Waals surface area contributed by atoms with Crippen molar-refractivity contribution >= 4 is 0 Å². The average Bonchev–Trinajstić information content (AvgIpc) is 2.22. The van der Waals surface area contributed by atoms with E-state index in [2.05, 4.69) is 4.74 Å². The molecule has 0 unspecified atom stereocenters. The maximum absolute atomic E-state index is 8.20. The largest absolute Gasteiger partial charge is 0.394 e. The van der Waals surface area contributed by atoms with E-state index in [0.29, 0.717) is 33.0 Å². The second kappa shape index (κ2) is 18.6. The highest BCUT2D eigenvalue weighted by molar-refractivity contribution is 4.26. The molecule has 0 aromatic heterocycles. The lowest BCUT2D eigenvalue weighted by atomic mass is 10.7. The fourth-order valence-electron chi connectivity index (χ4n) is 0.518. The van der Waals surface area contributed by atoms with Crippen LogP contribution in [0, 0.1) is 0 Å². The van der Waals surface area contributed by atoms with Crippen LogP contribution in [0.1, 0.15) is 6.92 Å². The Kier molecular flexibility index (Phi) is 21.5. The van der Waals surface area contributed by atoms with Crippen LogP contribution in [-0.4, -0.2) is 63.6 Å². The van der Waals surface area contributed by atoms with E-state index < -0.39 is 0 Å². The predicted octanol–water partition coefficient (Wildman–Crippen LogP) is -0.343. The van der Waals surface area contributed by atoms with Gasteiger partial charge >= 0.3 is 0 Å². The Bertz CT molecular complexity index is 69.6. The first kappa shape index (κ1) is 16.2. The molecule has 0 aromatic rings. The van der Waals surface area contributed by atoms with E-state index in [1.54, 1.807) is 7.11 Å². The van der Waals surface area contributed by atoms with Crippen LogP contribution in [0.25, 0.3) is 0 Å². The van der Waals surface area contributed by atoms with E-state index in [4.69, 9.17) is 19.7 Å². The van der Waals surface area contributed by atoms with Gasteiger partial charge in [0.15, 0.2) is 0 Å². The van der Waals surface area contributed by atoms with Crippen molar-refractivity contribution in [2.24, 2.45) is 0 Å². The van der Waals surface area contributed by atoms with Gasteiger partial charge in [-0.25, -0.2) is 0 Å². The minimum atomic E-state index is 0.0870. The van der Waals surface area contributed by atoms with Gasteiger partial charge in [0.25, 0.3) is 0 Å². The molecule has 0 rings (SSSR count). The molecular formula is C9H22O5. The summed E-state index contributed by atoms with van der Waals surface area (Å²) in [5.74, 6) is 0. The van der Waals surface area contributed by atoms with Gasteiger partial charge in [-0.05, 0) is 6.92 Å². The van der Waals surface area contributed by atoms with E-state index >= 15 is 0 Å². The Hall–Kier alpha value is -0.200. The molecule has 0 amide bonds. The summed E-state index contributed by atoms with van der Waals surface area (Å²) >= 11 is 0. The standard InChI is InChI=1S/C5H12O3.C4H10O2/c1-7-4-5-8-3-2-6;1-2-6-4-3-5/h6H,2-5H2,1H3;5H,2-4H2,1H3. The van der Waals surface area contributed by atoms with Gasteiger partial charge in [-0.2, -0.15) is 0 Å². The van der Waals surface area contributed by atoms with Crippen LogP contribution < -0.4 is 0 Å². The smallest absolute Gasteiger partial charge is 0.0701 e. The third kappa shape index (κ3) is 22.6. The van der Waals surface area contributed by atoms with Crippen molar-refractivity contribution < 1.29 is 24.4 Å². The summed E-state index contributed by atoms with van der Waals surface area (Å²) in [5, 5.41) is 16.3. The number of hydrogen-bond acceptors (Lipinski definition) is 5. The average molecular weight is 210 g/mol. The number of rotatable bonds is 8. The monoisotopic (exact) mass is 210 g/mol. The lowest BCUT2D eigenvalue weighted by Crippen LogP contribution is -2.05. The van der Waals surface area contributed by atoms with E-state index in [1.165, 1.54) is 0 Å². The highest BCUT2D eigenvalue weighted by atomic mass is 16.5. The molecule has 0 aromatic carbocycles. The summed E-state index contributed by atoms with van der Waals surface area (Å²) in [7, 11) is 1.61. The molecule has 14 heavy (non-hydrogen) atoms. The van der Waals surface area contributed by atoms with Gasteiger partial charge in [0, 0.05) is 13.7 Å². The molecule has 0 fully saturated rings. The van der Waals surface area contributed by atoms with Gasteiger partial charge in [-0.3, -0.25) is 0 Å². The molecule has 2 N–H and O–H groups in total. The zero-order valence-corrected chi connectivity index (χ0v) is 9.07. The number of ether oxygens (including phenoxy) is 3. The Labute approximate surface area is 85.6 Å². The van der Waals surface area contributed by atoms with Crippen molar-refractivity contribution in [2.45, 2.75) is 6.92 Å². The van der Waals surface area contributed by atoms with Crippen LogP contribution in [0.3, 0.4) is 0 Å². The molecule has 0 aliphatic carbocycles. The van der Waals surface area contributed by atoms with E-state index in [9.17, 15) is 0 Å². The predicted molar refractivity (Wildman–Crippen MR) is 53.4 cm³/mol. The third-order valence-electron chi connectivity index (χ3n) is 1.11. The van der Waals surface area contributed by atoms with Crippen LogP contribution >= 0.6 is 0 Å². The molecule has 0 radical (unpaired) electrons. The van der Waals surface area contributed by atoms with E-state index in [0.717, 1.165) is 0 Å². The lowest BCUT2D eigenvalue weighted by molar-refractivity contribution is 0.0500. The first-order valence-corrected chi connectivity index (χ1v) is 4.69. The van der Waals surface area contributed by atoms with Gasteiger partial charge in [-0.1, -0.05) is 0 Å². The van der Waals surface area contributed by atoms with Crippen molar-refractivity contribution in [1.82, 2.24) is 0 Å². The van der Waals surface area contributed by atoms with Crippen LogP contribution in [0.5, 0.6) is 0 Å². The highest BCUT2D eigenvalue weighted by Crippen LogP contribution is 1.72. The number of hydrogen-bond donors (Lipinski definition) is 2. The molecule has 0 aliphatic heterocycles. The quantitative estimate of drug-likeness (QED) is 0.536. The summed E-state index contributed by atoms with van der Waals surface area (Å²) in [6, 6.07) is 0. The van der Waals surface area contributed by atoms with Gasteiger partial charge in [0.2, 0.25) is 0 Å². The fraction of sp³-hybridized carbons (Fsp3) is 1.00. The fourth-order valence-corrected chi connectivity index (χ4v) is 0.518. The molecule has 0 atom stereocenters. The first-order chi connectivity index (χ1) is 6.83. The Morgan fingerprint density at radius 1 is 0.857 bits per heavy atom. The SMILES string of the molecule is CCOCCO.COCCOCCO. The third-order valence-corrected chi connectivity index (χ3v) is 1.11. The second-order valence-electron chi connectivity index (χ2n) is 2.25. The highest BCUT2D eigenvalue weighted by Gasteiger charge is 1.82. The van der Waals surface area contributed by atoms with Crippen molar-refractivity contribution in [2.75, 3.05) is 53.4 Å². The summed E-state index contributed by atoms with van der Waals surface area (Å²) in [6.45, 7) is 4.85. The second-order valence-corrected chi connectivity index (χ2v) is 2.25. The molecule has 0 saturated carbocycles. The molecule has 0 spiro atoms. The van der Waals surface area contributed by atoms with Crippen molar-refractivity contribution in [3.8, 4) is 0 Å². The Balaban J connectivity index is 0. The molecule has 0 aliphatic rings. The lowest BCUT2D eigenvalue weighted by Gasteiger charge is -1.98. The van der Waals surface area contributed by atoms with E-state index in [1.807, 2.05) is 6.92 Å². The van der Waals surface area contributed by atoms with Crippen molar-refractivity contribution in [3.63, 3.8) is 0 Å². The van der Waals surface area contributed by atoms with Gasteiger partial charge in [0.05, 0.1) is 39.6 Å². The van der Waals surface area contributed by atoms with Crippen LogP contribution in [0.2, 0.25) is 0 Å². The molecule has 0 saturated heterocycles. The van der Waals surface area contributed by atoms with E-state index in [-0.39, 0.29) is 13.2 Å². The van der Waals surface area contributed by atoms with Crippen LogP contribution in [0.15, 0.2) is 0 Å². The number of aliphatic hydroxyl groups is 2. The van der Waals surface area contributed by atoms with Gasteiger partial charge < -0.3 is 24.4 Å². The molecule has 0 bridgehead atoms. The maximum Gasteiger partial charge on any atom is 0.0701 e. The normalized spacial score (nSPS) is 9.43. The summed E-state index contributed by atoms with van der Waals surface area (Å²) in [5.41, 5.74) is 0. The molecule has 5 nitrogen and oxygen atoms in total. The topological polar surface area (TPSA) is 68.2 Å². The van der Waals surface area contributed by atoms with Crippen LogP contribution in [0.4, 0.5) is 0 Å². The zero-order valence-electron chi connectivity index (χ0n) is 9.07. The molecule has 88 valence electrons. The van der Waals surface area contributed by atoms with Crippen LogP contribution in [-0.2, 0) is 14.2 Å². The first-order valence-electron chi connectivity index (χ1n) is 4.69. The molecular weight excluding hydrogens is 188 g/mol. The summed E-state index contributed by atoms with van der Waals surface area (Å²) < 4.78 is 14.3. The minimum Gasteiger partial charge on any atom is -0.394 e. The number of methoxy groups -OCH3 is 1. The Morgan fingerprint density at radius 3 is 1.79 bits per heavy atom. The molecule has 5 heteroatoms. The summed E-state index contributed by atoms with van der Waals surface area (Å²) in [4.78, 5) is 0. The van der Waals surface area contributed by atoms with Gasteiger partial charge in [0.1, 0.15) is 0 Å². The zero-order chi connectivity index (χ0) is 11.1. The maximum atomic E-state index is 8.20. The summed E-state index contributed by atoms with van der Waals surface area (Å²) in [6.07, 6.45) is 0. The van der Waals surface area contributed by atoms with Crippen molar-refractivity contribution in [1.29, 1.82) is 0 Å².